The summed E-state index contributed by atoms with van der Waals surface area (Å²) in [6.45, 7) is 2.89. The molecule has 1 aliphatic heterocycles. The zero-order valence-electron chi connectivity index (χ0n) is 15.7. The molecule has 28 heavy (non-hydrogen) atoms. The van der Waals surface area contributed by atoms with Gasteiger partial charge >= 0.3 is 5.97 Å². The van der Waals surface area contributed by atoms with E-state index >= 15 is 0 Å². The molecular formula is C20H22N4O4. The van der Waals surface area contributed by atoms with Crippen LogP contribution in [0.3, 0.4) is 0 Å². The first-order valence-electron chi connectivity index (χ1n) is 9.49. The maximum Gasteiger partial charge on any atom is 0.310 e. The van der Waals surface area contributed by atoms with Gasteiger partial charge < -0.3 is 14.0 Å². The van der Waals surface area contributed by atoms with E-state index in [9.17, 15) is 14.4 Å². The standard InChI is InChI=1S/C20H22N4O4/c1-2-28-20(27)14-6-4-10-22(12-14)17(25)13-24-18-15(7-3-9-21-18)23-11-5-8-16(23)19(24)26/h3,5,7-9,11,14H,2,4,6,10,12-13H2,1H3/t14-/m1/s1. The first-order chi connectivity index (χ1) is 13.6. The molecule has 1 atom stereocenters. The number of piperidine rings is 1. The number of ether oxygens (including phenoxy) is 1. The molecule has 0 aromatic carbocycles. The topological polar surface area (TPSA) is 85.9 Å². The van der Waals surface area contributed by atoms with Crippen LogP contribution in [0.1, 0.15) is 19.8 Å². The molecular weight excluding hydrogens is 360 g/mol. The normalized spacial score (nSPS) is 17.2. The van der Waals surface area contributed by atoms with Gasteiger partial charge in [0.2, 0.25) is 5.91 Å². The Morgan fingerprint density at radius 3 is 2.89 bits per heavy atom. The Kier molecular flexibility index (Phi) is 4.85. The predicted molar refractivity (Wildman–Crippen MR) is 103 cm³/mol. The van der Waals surface area contributed by atoms with E-state index in [1.165, 1.54) is 4.57 Å². The zero-order valence-corrected chi connectivity index (χ0v) is 15.7. The minimum atomic E-state index is -0.308. The number of carbonyl (C=O) groups excluding carboxylic acids is 2. The van der Waals surface area contributed by atoms with Crippen molar-refractivity contribution >= 4 is 28.6 Å². The molecule has 3 aromatic rings. The van der Waals surface area contributed by atoms with Crippen molar-refractivity contribution in [2.45, 2.75) is 26.3 Å². The summed E-state index contributed by atoms with van der Waals surface area (Å²) < 4.78 is 8.30. The fraction of sp³-hybridized carbons (Fsp3) is 0.400. The van der Waals surface area contributed by atoms with Gasteiger partial charge in [-0.25, -0.2) is 4.98 Å². The molecule has 0 bridgehead atoms. The molecule has 1 amide bonds. The monoisotopic (exact) mass is 382 g/mol. The summed E-state index contributed by atoms with van der Waals surface area (Å²) in [7, 11) is 0. The summed E-state index contributed by atoms with van der Waals surface area (Å²) in [6.07, 6.45) is 4.86. The lowest BCUT2D eigenvalue weighted by molar-refractivity contribution is -0.151. The van der Waals surface area contributed by atoms with E-state index in [4.69, 9.17) is 4.74 Å². The summed E-state index contributed by atoms with van der Waals surface area (Å²) in [5.41, 5.74) is 1.46. The number of amides is 1. The Bertz CT molecular complexity index is 1100. The van der Waals surface area contributed by atoms with Crippen LogP contribution in [0.5, 0.6) is 0 Å². The molecule has 0 saturated carbocycles. The maximum atomic E-state index is 12.9. The molecule has 4 rings (SSSR count). The summed E-state index contributed by atoms with van der Waals surface area (Å²) in [5, 5.41) is 0. The van der Waals surface area contributed by atoms with Crippen molar-refractivity contribution in [3.05, 3.63) is 47.0 Å². The van der Waals surface area contributed by atoms with E-state index in [2.05, 4.69) is 4.98 Å². The Morgan fingerprint density at radius 1 is 1.25 bits per heavy atom. The van der Waals surface area contributed by atoms with Crippen LogP contribution in [-0.4, -0.2) is 50.4 Å². The molecule has 1 aliphatic rings. The first kappa shape index (κ1) is 18.2. The van der Waals surface area contributed by atoms with Gasteiger partial charge in [0.25, 0.3) is 5.56 Å². The van der Waals surface area contributed by atoms with Crippen molar-refractivity contribution in [1.82, 2.24) is 18.9 Å². The lowest BCUT2D eigenvalue weighted by Gasteiger charge is -2.31. The van der Waals surface area contributed by atoms with Crippen LogP contribution in [-0.2, 0) is 20.9 Å². The molecule has 4 heterocycles. The molecule has 146 valence electrons. The highest BCUT2D eigenvalue weighted by atomic mass is 16.5. The number of nitrogens with zero attached hydrogens (tertiary/aromatic N) is 4. The van der Waals surface area contributed by atoms with Gasteiger partial charge in [-0.3, -0.25) is 19.0 Å². The molecule has 0 N–H and O–H groups in total. The highest BCUT2D eigenvalue weighted by molar-refractivity contribution is 5.81. The van der Waals surface area contributed by atoms with Gasteiger partial charge in [0.15, 0.2) is 5.65 Å². The second-order valence-corrected chi connectivity index (χ2v) is 6.93. The van der Waals surface area contributed by atoms with Crippen molar-refractivity contribution in [2.24, 2.45) is 5.92 Å². The molecule has 8 nitrogen and oxygen atoms in total. The van der Waals surface area contributed by atoms with E-state index < -0.39 is 0 Å². The highest BCUT2D eigenvalue weighted by Gasteiger charge is 2.29. The number of pyridine rings is 1. The fourth-order valence-electron chi connectivity index (χ4n) is 3.82. The largest absolute Gasteiger partial charge is 0.466 e. The molecule has 1 saturated heterocycles. The van der Waals surface area contributed by atoms with Gasteiger partial charge in [-0.2, -0.15) is 0 Å². The van der Waals surface area contributed by atoms with Gasteiger partial charge in [-0.1, -0.05) is 0 Å². The number of aromatic nitrogens is 3. The summed E-state index contributed by atoms with van der Waals surface area (Å²) in [6, 6.07) is 7.19. The van der Waals surface area contributed by atoms with Crippen LogP contribution in [0.2, 0.25) is 0 Å². The second-order valence-electron chi connectivity index (χ2n) is 6.93. The van der Waals surface area contributed by atoms with Crippen molar-refractivity contribution in [3.63, 3.8) is 0 Å². The lowest BCUT2D eigenvalue weighted by Crippen LogP contribution is -2.45. The molecule has 0 spiro atoms. The van der Waals surface area contributed by atoms with E-state index in [1.807, 2.05) is 12.3 Å². The van der Waals surface area contributed by atoms with Gasteiger partial charge in [-0.05, 0) is 44.0 Å². The van der Waals surface area contributed by atoms with Crippen LogP contribution in [0.25, 0.3) is 16.7 Å². The van der Waals surface area contributed by atoms with Crippen molar-refractivity contribution in [2.75, 3.05) is 19.7 Å². The minimum Gasteiger partial charge on any atom is -0.466 e. The van der Waals surface area contributed by atoms with Gasteiger partial charge in [0.1, 0.15) is 12.1 Å². The molecule has 0 aliphatic carbocycles. The lowest BCUT2D eigenvalue weighted by atomic mass is 9.98. The third-order valence-corrected chi connectivity index (χ3v) is 5.18. The quantitative estimate of drug-likeness (QED) is 0.638. The van der Waals surface area contributed by atoms with Gasteiger partial charge in [0.05, 0.1) is 18.0 Å². The fourth-order valence-corrected chi connectivity index (χ4v) is 3.82. The number of hydrogen-bond donors (Lipinski definition) is 0. The number of esters is 1. The van der Waals surface area contributed by atoms with E-state index in [-0.39, 0.29) is 29.9 Å². The molecule has 3 aromatic heterocycles. The number of likely N-dealkylation sites (tertiary alicyclic amines) is 1. The Balaban J connectivity index is 1.64. The second kappa shape index (κ2) is 7.46. The summed E-state index contributed by atoms with van der Waals surface area (Å²) in [4.78, 5) is 43.9. The number of rotatable bonds is 4. The number of hydrogen-bond acceptors (Lipinski definition) is 5. The van der Waals surface area contributed by atoms with Crippen molar-refractivity contribution in [3.8, 4) is 0 Å². The third-order valence-electron chi connectivity index (χ3n) is 5.18. The number of fused-ring (bicyclic) bond motifs is 3. The predicted octanol–water partition coefficient (Wildman–Crippen LogP) is 1.45. The minimum absolute atomic E-state index is 0.108. The van der Waals surface area contributed by atoms with Crippen LogP contribution in [0, 0.1) is 5.92 Å². The summed E-state index contributed by atoms with van der Waals surface area (Å²) >= 11 is 0. The molecule has 1 fully saturated rings. The van der Waals surface area contributed by atoms with E-state index in [0.29, 0.717) is 37.3 Å². The van der Waals surface area contributed by atoms with E-state index in [1.54, 1.807) is 40.6 Å². The third kappa shape index (κ3) is 3.15. The molecule has 0 unspecified atom stereocenters. The first-order valence-corrected chi connectivity index (χ1v) is 9.49. The van der Waals surface area contributed by atoms with Crippen LogP contribution < -0.4 is 5.56 Å². The Morgan fingerprint density at radius 2 is 2.07 bits per heavy atom. The molecule has 0 radical (unpaired) electrons. The van der Waals surface area contributed by atoms with Crippen molar-refractivity contribution < 1.29 is 14.3 Å². The SMILES string of the molecule is CCOC(=O)[C@@H]1CCCN(C(=O)Cn2c(=O)c3cccn3c3cccnc32)C1. The Labute approximate surface area is 161 Å². The zero-order chi connectivity index (χ0) is 19.7. The summed E-state index contributed by atoms with van der Waals surface area (Å²) in [5.74, 6) is -0.768. The molecule has 8 heteroatoms. The Hall–Kier alpha value is -3.16. The van der Waals surface area contributed by atoms with Gasteiger partial charge in [-0.15, -0.1) is 0 Å². The number of carbonyl (C=O) groups is 2. The van der Waals surface area contributed by atoms with Gasteiger partial charge in [0, 0.05) is 25.5 Å². The van der Waals surface area contributed by atoms with E-state index in [0.717, 1.165) is 11.9 Å². The smallest absolute Gasteiger partial charge is 0.310 e. The van der Waals surface area contributed by atoms with Crippen LogP contribution in [0.4, 0.5) is 0 Å². The van der Waals surface area contributed by atoms with Crippen molar-refractivity contribution in [1.29, 1.82) is 0 Å². The average molecular weight is 382 g/mol. The van der Waals surface area contributed by atoms with Crippen LogP contribution in [0.15, 0.2) is 41.5 Å². The average Bonchev–Trinajstić information content (AvgIpc) is 3.21. The maximum absolute atomic E-state index is 12.9. The van der Waals surface area contributed by atoms with Crippen LogP contribution >= 0.6 is 0 Å². The highest BCUT2D eigenvalue weighted by Crippen LogP contribution is 2.19.